The van der Waals surface area contributed by atoms with Gasteiger partial charge in [-0.05, 0) is 23.8 Å². The normalized spacial score (nSPS) is 11.2. The van der Waals surface area contributed by atoms with Crippen LogP contribution in [0.1, 0.15) is 17.3 Å². The van der Waals surface area contributed by atoms with Crippen LogP contribution in [0.4, 0.5) is 5.82 Å². The van der Waals surface area contributed by atoms with Gasteiger partial charge in [0.1, 0.15) is 5.82 Å². The molecule has 0 aliphatic heterocycles. The van der Waals surface area contributed by atoms with Crippen molar-refractivity contribution in [3.8, 4) is 11.4 Å². The molecule has 0 fully saturated rings. The fourth-order valence-corrected chi connectivity index (χ4v) is 2.72. The molecule has 0 amide bonds. The van der Waals surface area contributed by atoms with Gasteiger partial charge in [-0.1, -0.05) is 18.2 Å². The number of fused-ring (bicyclic) bond motifs is 1. The van der Waals surface area contributed by atoms with Crippen LogP contribution >= 0.6 is 0 Å². The van der Waals surface area contributed by atoms with Gasteiger partial charge in [0, 0.05) is 26.1 Å². The van der Waals surface area contributed by atoms with E-state index in [1.54, 1.807) is 6.92 Å². The van der Waals surface area contributed by atoms with Crippen molar-refractivity contribution in [2.24, 2.45) is 0 Å². The number of tetrazole rings is 1. The van der Waals surface area contributed by atoms with E-state index in [9.17, 15) is 0 Å². The minimum absolute atomic E-state index is 0.507. The Bertz CT molecular complexity index is 1020. The van der Waals surface area contributed by atoms with Crippen LogP contribution in [-0.2, 0) is 6.54 Å². The number of hydrogen-bond donors (Lipinski definition) is 1. The van der Waals surface area contributed by atoms with Gasteiger partial charge in [0.25, 0.3) is 5.71 Å². The van der Waals surface area contributed by atoms with Gasteiger partial charge in [0.2, 0.25) is 5.82 Å². The van der Waals surface area contributed by atoms with Crippen LogP contribution in [0.25, 0.3) is 22.6 Å². The molecule has 4 aromatic rings. The predicted molar refractivity (Wildman–Crippen MR) is 90.8 cm³/mol. The van der Waals surface area contributed by atoms with Crippen LogP contribution in [0, 0.1) is 13.8 Å². The number of rotatable bonds is 4. The first kappa shape index (κ1) is 15.2. The molecule has 0 spiro atoms. The molecule has 9 nitrogen and oxygen atoms in total. The van der Waals surface area contributed by atoms with Crippen LogP contribution in [0.5, 0.6) is 0 Å². The number of nitrogens with zero attached hydrogens (tertiary/aromatic N) is 7. The lowest BCUT2D eigenvalue weighted by atomic mass is 10.1. The molecule has 4 rings (SSSR count). The number of nitrogens with one attached hydrogen (secondary N) is 1. The van der Waals surface area contributed by atoms with Gasteiger partial charge in [0.05, 0.1) is 0 Å². The maximum Gasteiger partial charge on any atom is 0.252 e. The lowest BCUT2D eigenvalue weighted by Gasteiger charge is -2.18. The van der Waals surface area contributed by atoms with Crippen LogP contribution in [0.15, 0.2) is 28.7 Å². The SMILES string of the molecule is Cc1nc(N(C)Cc2cccc(-c3nn[nH]n3)c2)c2nc(C)oc2n1. The predicted octanol–water partition coefficient (Wildman–Crippen LogP) is 2.05. The molecule has 0 saturated carbocycles. The van der Waals surface area contributed by atoms with E-state index in [2.05, 4.69) is 35.6 Å². The second-order valence-electron chi connectivity index (χ2n) is 5.77. The van der Waals surface area contributed by atoms with E-state index in [4.69, 9.17) is 4.42 Å². The van der Waals surface area contributed by atoms with E-state index in [1.165, 1.54) is 0 Å². The summed E-state index contributed by atoms with van der Waals surface area (Å²) in [7, 11) is 1.96. The highest BCUT2D eigenvalue weighted by atomic mass is 16.4. The number of anilines is 1. The van der Waals surface area contributed by atoms with E-state index in [-0.39, 0.29) is 0 Å². The summed E-state index contributed by atoms with van der Waals surface area (Å²) in [6.07, 6.45) is 0. The van der Waals surface area contributed by atoms with Crippen molar-refractivity contribution in [3.05, 3.63) is 41.5 Å². The first-order valence-corrected chi connectivity index (χ1v) is 7.76. The van der Waals surface area contributed by atoms with Gasteiger partial charge in [-0.3, -0.25) is 0 Å². The Balaban J connectivity index is 1.67. The van der Waals surface area contributed by atoms with Gasteiger partial charge in [-0.2, -0.15) is 10.2 Å². The van der Waals surface area contributed by atoms with Crippen molar-refractivity contribution in [1.29, 1.82) is 0 Å². The average molecular weight is 336 g/mol. The van der Waals surface area contributed by atoms with Crippen molar-refractivity contribution < 1.29 is 4.42 Å². The maximum atomic E-state index is 5.54. The molecule has 0 aliphatic carbocycles. The molecule has 126 valence electrons. The summed E-state index contributed by atoms with van der Waals surface area (Å²) in [6, 6.07) is 7.98. The zero-order valence-electron chi connectivity index (χ0n) is 14.1. The number of aromatic nitrogens is 7. The maximum absolute atomic E-state index is 5.54. The first-order valence-electron chi connectivity index (χ1n) is 7.76. The summed E-state index contributed by atoms with van der Waals surface area (Å²) >= 11 is 0. The molecule has 0 aliphatic rings. The zero-order valence-corrected chi connectivity index (χ0v) is 14.1. The molecule has 3 heterocycles. The van der Waals surface area contributed by atoms with Crippen molar-refractivity contribution in [3.63, 3.8) is 0 Å². The van der Waals surface area contributed by atoms with Gasteiger partial charge in [-0.25, -0.2) is 9.97 Å². The van der Waals surface area contributed by atoms with Crippen LogP contribution in [-0.4, -0.2) is 42.6 Å². The van der Waals surface area contributed by atoms with Crippen molar-refractivity contribution in [1.82, 2.24) is 35.6 Å². The quantitative estimate of drug-likeness (QED) is 0.603. The number of hydrogen-bond acceptors (Lipinski definition) is 8. The minimum atomic E-state index is 0.507. The lowest BCUT2D eigenvalue weighted by Crippen LogP contribution is -2.19. The molecular weight excluding hydrogens is 320 g/mol. The minimum Gasteiger partial charge on any atom is -0.422 e. The van der Waals surface area contributed by atoms with Crippen LogP contribution in [0.2, 0.25) is 0 Å². The van der Waals surface area contributed by atoms with Gasteiger partial charge < -0.3 is 9.32 Å². The van der Waals surface area contributed by atoms with E-state index in [0.29, 0.717) is 35.3 Å². The number of oxazole rings is 1. The van der Waals surface area contributed by atoms with Gasteiger partial charge in [-0.15, -0.1) is 10.2 Å². The summed E-state index contributed by atoms with van der Waals surface area (Å²) in [5, 5.41) is 14.1. The third-order valence-electron chi connectivity index (χ3n) is 3.77. The molecular formula is C16H16N8O. The Morgan fingerprint density at radius 1 is 1.16 bits per heavy atom. The molecule has 9 heteroatoms. The molecule has 3 aromatic heterocycles. The third-order valence-corrected chi connectivity index (χ3v) is 3.77. The van der Waals surface area contributed by atoms with Crippen LogP contribution < -0.4 is 4.90 Å². The molecule has 0 atom stereocenters. The van der Waals surface area contributed by atoms with E-state index < -0.39 is 0 Å². The number of aromatic amines is 1. The molecule has 0 saturated heterocycles. The number of aryl methyl sites for hydroxylation is 2. The molecule has 0 bridgehead atoms. The molecule has 1 aromatic carbocycles. The monoisotopic (exact) mass is 336 g/mol. The summed E-state index contributed by atoms with van der Waals surface area (Å²) in [4.78, 5) is 15.3. The number of H-pyrrole nitrogens is 1. The van der Waals surface area contributed by atoms with Gasteiger partial charge in [0.15, 0.2) is 17.2 Å². The Morgan fingerprint density at radius 3 is 2.84 bits per heavy atom. The summed E-state index contributed by atoms with van der Waals surface area (Å²) in [5.41, 5.74) is 3.17. The van der Waals surface area contributed by atoms with Crippen molar-refractivity contribution in [2.75, 3.05) is 11.9 Å². The lowest BCUT2D eigenvalue weighted by molar-refractivity contribution is 0.550. The molecule has 0 unspecified atom stereocenters. The highest BCUT2D eigenvalue weighted by Crippen LogP contribution is 2.25. The summed E-state index contributed by atoms with van der Waals surface area (Å²) in [6.45, 7) is 4.28. The third kappa shape index (κ3) is 2.91. The Morgan fingerprint density at radius 2 is 2.04 bits per heavy atom. The first-order chi connectivity index (χ1) is 12.1. The highest BCUT2D eigenvalue weighted by Gasteiger charge is 2.16. The molecule has 0 radical (unpaired) electrons. The fourth-order valence-electron chi connectivity index (χ4n) is 2.72. The Labute approximate surface area is 143 Å². The second kappa shape index (κ2) is 5.93. The van der Waals surface area contributed by atoms with Gasteiger partial charge >= 0.3 is 0 Å². The van der Waals surface area contributed by atoms with E-state index in [0.717, 1.165) is 16.9 Å². The second-order valence-corrected chi connectivity index (χ2v) is 5.77. The van der Waals surface area contributed by atoms with Crippen molar-refractivity contribution >= 4 is 17.0 Å². The topological polar surface area (TPSA) is 110 Å². The fraction of sp³-hybridized carbons (Fsp3) is 0.250. The smallest absolute Gasteiger partial charge is 0.252 e. The standard InChI is InChI=1S/C16H16N8O/c1-9-17-15(13-16(18-9)25-10(2)19-13)24(3)8-11-5-4-6-12(7-11)14-20-22-23-21-14/h4-7H,8H2,1-3H3,(H,20,21,22,23). The summed E-state index contributed by atoms with van der Waals surface area (Å²) in [5.74, 6) is 2.52. The van der Waals surface area contributed by atoms with Crippen molar-refractivity contribution in [2.45, 2.75) is 20.4 Å². The molecule has 1 N–H and O–H groups in total. The highest BCUT2D eigenvalue weighted by molar-refractivity contribution is 5.81. The van der Waals surface area contributed by atoms with E-state index >= 15 is 0 Å². The largest absolute Gasteiger partial charge is 0.422 e. The van der Waals surface area contributed by atoms with E-state index in [1.807, 2.05) is 43.1 Å². The average Bonchev–Trinajstić information content (AvgIpc) is 3.23. The zero-order chi connectivity index (χ0) is 17.4. The Hall–Kier alpha value is -3.36. The Kier molecular flexibility index (Phi) is 3.60. The molecule has 25 heavy (non-hydrogen) atoms. The number of benzene rings is 1. The summed E-state index contributed by atoms with van der Waals surface area (Å²) < 4.78 is 5.54. The van der Waals surface area contributed by atoms with Crippen LogP contribution in [0.3, 0.4) is 0 Å².